The fourth-order valence-corrected chi connectivity index (χ4v) is 3.11. The van der Waals surface area contributed by atoms with E-state index in [1.807, 2.05) is 43.0 Å². The molecule has 0 unspecified atom stereocenters. The molecule has 0 radical (unpaired) electrons. The van der Waals surface area contributed by atoms with Crippen molar-refractivity contribution in [3.8, 4) is 0 Å². The predicted octanol–water partition coefficient (Wildman–Crippen LogP) is 3.26. The number of nitrogens with one attached hydrogen (secondary N) is 1. The molecule has 126 valence electrons. The van der Waals surface area contributed by atoms with Gasteiger partial charge in [0.1, 0.15) is 11.5 Å². The largest absolute Gasteiger partial charge is 0.466 e. The molecule has 0 bridgehead atoms. The summed E-state index contributed by atoms with van der Waals surface area (Å²) in [5, 5.41) is 2.93. The van der Waals surface area contributed by atoms with Gasteiger partial charge in [0.15, 0.2) is 0 Å². The Hall–Kier alpha value is -2.56. The van der Waals surface area contributed by atoms with Crippen LogP contribution in [-0.2, 0) is 11.3 Å². The molecule has 1 N–H and O–H groups in total. The van der Waals surface area contributed by atoms with Gasteiger partial charge in [0.2, 0.25) is 5.91 Å². The van der Waals surface area contributed by atoms with Crippen LogP contribution in [-0.4, -0.2) is 18.4 Å². The first-order valence-electron chi connectivity index (χ1n) is 8.21. The standard InChI is InChI=1S/C19H22N2O3/c1-12-13(2)24-14(3)18(12)19(23)20-11-15-6-8-16(9-7-15)21-10-4-5-17(21)22/h6-9H,4-5,10-11H2,1-3H3,(H,20,23). The van der Waals surface area contributed by atoms with Crippen molar-refractivity contribution in [2.75, 3.05) is 11.4 Å². The van der Waals surface area contributed by atoms with Crippen molar-refractivity contribution in [1.29, 1.82) is 0 Å². The lowest BCUT2D eigenvalue weighted by Crippen LogP contribution is -2.24. The quantitative estimate of drug-likeness (QED) is 0.938. The zero-order valence-electron chi connectivity index (χ0n) is 14.3. The maximum Gasteiger partial charge on any atom is 0.255 e. The van der Waals surface area contributed by atoms with E-state index < -0.39 is 0 Å². The van der Waals surface area contributed by atoms with Gasteiger partial charge in [-0.15, -0.1) is 0 Å². The summed E-state index contributed by atoms with van der Waals surface area (Å²) in [5.74, 6) is 1.47. The molecule has 1 aliphatic rings. The van der Waals surface area contributed by atoms with Gasteiger partial charge in [-0.05, 0) is 44.9 Å². The first-order chi connectivity index (χ1) is 11.5. The molecule has 0 spiro atoms. The number of hydrogen-bond acceptors (Lipinski definition) is 3. The average molecular weight is 326 g/mol. The minimum Gasteiger partial charge on any atom is -0.466 e. The molecule has 1 fully saturated rings. The molecular weight excluding hydrogens is 304 g/mol. The minimum absolute atomic E-state index is 0.124. The van der Waals surface area contributed by atoms with Crippen LogP contribution in [0.15, 0.2) is 28.7 Å². The Morgan fingerprint density at radius 2 is 1.88 bits per heavy atom. The van der Waals surface area contributed by atoms with E-state index in [0.717, 1.165) is 35.5 Å². The summed E-state index contributed by atoms with van der Waals surface area (Å²) in [6.07, 6.45) is 1.54. The smallest absolute Gasteiger partial charge is 0.255 e. The molecule has 1 aromatic carbocycles. The van der Waals surface area contributed by atoms with Gasteiger partial charge in [-0.3, -0.25) is 9.59 Å². The van der Waals surface area contributed by atoms with Crippen LogP contribution in [0, 0.1) is 20.8 Å². The molecule has 2 aromatic rings. The maximum atomic E-state index is 12.4. The third-order valence-corrected chi connectivity index (χ3v) is 4.56. The van der Waals surface area contributed by atoms with Crippen molar-refractivity contribution in [3.05, 3.63) is 52.5 Å². The number of anilines is 1. The molecule has 5 heteroatoms. The molecule has 5 nitrogen and oxygen atoms in total. The summed E-state index contributed by atoms with van der Waals surface area (Å²) >= 11 is 0. The van der Waals surface area contributed by atoms with Gasteiger partial charge in [-0.25, -0.2) is 0 Å². The van der Waals surface area contributed by atoms with E-state index in [1.165, 1.54) is 0 Å². The second kappa shape index (κ2) is 6.51. The van der Waals surface area contributed by atoms with E-state index in [1.54, 1.807) is 6.92 Å². The normalized spacial score (nSPS) is 14.3. The lowest BCUT2D eigenvalue weighted by atomic mass is 10.1. The number of carbonyl (C=O) groups excluding carboxylic acids is 2. The fourth-order valence-electron chi connectivity index (χ4n) is 3.11. The zero-order chi connectivity index (χ0) is 17.3. The summed E-state index contributed by atoms with van der Waals surface area (Å²) in [6, 6.07) is 7.76. The van der Waals surface area contributed by atoms with Gasteiger partial charge in [-0.1, -0.05) is 12.1 Å². The first-order valence-corrected chi connectivity index (χ1v) is 8.21. The number of nitrogens with zero attached hydrogens (tertiary/aromatic N) is 1. The highest BCUT2D eigenvalue weighted by molar-refractivity contribution is 5.97. The van der Waals surface area contributed by atoms with Gasteiger partial charge >= 0.3 is 0 Å². The highest BCUT2D eigenvalue weighted by Gasteiger charge is 2.21. The van der Waals surface area contributed by atoms with Crippen LogP contribution in [0.25, 0.3) is 0 Å². The van der Waals surface area contributed by atoms with Crippen LogP contribution < -0.4 is 10.2 Å². The van der Waals surface area contributed by atoms with Crippen LogP contribution >= 0.6 is 0 Å². The molecule has 2 heterocycles. The topological polar surface area (TPSA) is 62.6 Å². The third kappa shape index (κ3) is 3.07. The van der Waals surface area contributed by atoms with E-state index in [-0.39, 0.29) is 11.8 Å². The minimum atomic E-state index is -0.124. The predicted molar refractivity (Wildman–Crippen MR) is 92.1 cm³/mol. The van der Waals surface area contributed by atoms with Crippen LogP contribution in [0.5, 0.6) is 0 Å². The first kappa shape index (κ1) is 16.3. The molecule has 1 aromatic heterocycles. The van der Waals surface area contributed by atoms with Gasteiger partial charge in [0, 0.05) is 30.8 Å². The van der Waals surface area contributed by atoms with Crippen LogP contribution in [0.3, 0.4) is 0 Å². The molecule has 1 saturated heterocycles. The van der Waals surface area contributed by atoms with Crippen molar-refractivity contribution in [2.24, 2.45) is 0 Å². The van der Waals surface area contributed by atoms with E-state index in [9.17, 15) is 9.59 Å². The summed E-state index contributed by atoms with van der Waals surface area (Å²) in [5.41, 5.74) is 3.42. The highest BCUT2D eigenvalue weighted by Crippen LogP contribution is 2.22. The summed E-state index contributed by atoms with van der Waals surface area (Å²) in [7, 11) is 0. The summed E-state index contributed by atoms with van der Waals surface area (Å²) < 4.78 is 5.50. The second-order valence-corrected chi connectivity index (χ2v) is 6.21. The molecule has 3 rings (SSSR count). The maximum absolute atomic E-state index is 12.4. The number of rotatable bonds is 4. The molecule has 0 saturated carbocycles. The second-order valence-electron chi connectivity index (χ2n) is 6.21. The Balaban J connectivity index is 1.64. The Kier molecular flexibility index (Phi) is 4.42. The van der Waals surface area contributed by atoms with E-state index >= 15 is 0 Å². The average Bonchev–Trinajstić information content (AvgIpc) is 3.09. The Morgan fingerprint density at radius 3 is 2.42 bits per heavy atom. The van der Waals surface area contributed by atoms with Gasteiger partial charge in [-0.2, -0.15) is 0 Å². The highest BCUT2D eigenvalue weighted by atomic mass is 16.3. The number of furan rings is 1. The van der Waals surface area contributed by atoms with Gasteiger partial charge < -0.3 is 14.6 Å². The van der Waals surface area contributed by atoms with Gasteiger partial charge in [0.25, 0.3) is 5.91 Å². The SMILES string of the molecule is Cc1oc(C)c(C(=O)NCc2ccc(N3CCCC3=O)cc2)c1C. The zero-order valence-corrected chi connectivity index (χ0v) is 14.3. The van der Waals surface area contributed by atoms with E-state index in [2.05, 4.69) is 5.32 Å². The van der Waals surface area contributed by atoms with Crippen molar-refractivity contribution in [2.45, 2.75) is 40.2 Å². The van der Waals surface area contributed by atoms with Crippen molar-refractivity contribution in [3.63, 3.8) is 0 Å². The van der Waals surface area contributed by atoms with E-state index in [0.29, 0.717) is 24.3 Å². The molecule has 1 aliphatic heterocycles. The lowest BCUT2D eigenvalue weighted by molar-refractivity contribution is -0.117. The number of benzene rings is 1. The molecule has 0 atom stereocenters. The van der Waals surface area contributed by atoms with Crippen LogP contribution in [0.2, 0.25) is 0 Å². The molecule has 2 amide bonds. The fraction of sp³-hybridized carbons (Fsp3) is 0.368. The number of hydrogen-bond donors (Lipinski definition) is 1. The Labute approximate surface area is 141 Å². The molecule has 0 aliphatic carbocycles. The molecule has 24 heavy (non-hydrogen) atoms. The van der Waals surface area contributed by atoms with Crippen molar-refractivity contribution in [1.82, 2.24) is 5.32 Å². The van der Waals surface area contributed by atoms with E-state index in [4.69, 9.17) is 4.42 Å². The number of amides is 2. The summed E-state index contributed by atoms with van der Waals surface area (Å²) in [6.45, 7) is 6.78. The Bertz CT molecular complexity index is 775. The van der Waals surface area contributed by atoms with Crippen molar-refractivity contribution < 1.29 is 14.0 Å². The lowest BCUT2D eigenvalue weighted by Gasteiger charge is -2.16. The van der Waals surface area contributed by atoms with Gasteiger partial charge in [0.05, 0.1) is 5.56 Å². The molecular formula is C19H22N2O3. The van der Waals surface area contributed by atoms with Crippen LogP contribution in [0.4, 0.5) is 5.69 Å². The van der Waals surface area contributed by atoms with Crippen LogP contribution in [0.1, 0.15) is 45.8 Å². The number of aryl methyl sites for hydroxylation is 2. The monoisotopic (exact) mass is 326 g/mol. The number of carbonyl (C=O) groups is 2. The van der Waals surface area contributed by atoms with Crippen molar-refractivity contribution >= 4 is 17.5 Å². The Morgan fingerprint density at radius 1 is 1.17 bits per heavy atom. The summed E-state index contributed by atoms with van der Waals surface area (Å²) in [4.78, 5) is 25.9. The third-order valence-electron chi connectivity index (χ3n) is 4.56.